The molecule has 29 heavy (non-hydrogen) atoms. The van der Waals surface area contributed by atoms with Gasteiger partial charge in [-0.2, -0.15) is 0 Å². The molecule has 1 radical (unpaired) electrons. The molecule has 2 aromatic carbocycles. The molecule has 0 atom stereocenters. The summed E-state index contributed by atoms with van der Waals surface area (Å²) in [6.07, 6.45) is 6.13. The number of nitrogens with one attached hydrogen (secondary N) is 1. The summed E-state index contributed by atoms with van der Waals surface area (Å²) in [6, 6.07) is 16.5. The van der Waals surface area contributed by atoms with Gasteiger partial charge < -0.3 is 5.73 Å². The Morgan fingerprint density at radius 2 is 1.93 bits per heavy atom. The molecule has 0 saturated heterocycles. The maximum atomic E-state index is 12.5. The van der Waals surface area contributed by atoms with Crippen molar-refractivity contribution in [3.05, 3.63) is 76.9 Å². The average Bonchev–Trinajstić information content (AvgIpc) is 2.69. The van der Waals surface area contributed by atoms with Crippen LogP contribution in [0.1, 0.15) is 35.2 Å². The number of nitrogens with zero attached hydrogens (tertiary/aromatic N) is 1. The summed E-state index contributed by atoms with van der Waals surface area (Å²) in [5.74, 6) is -0.205. The van der Waals surface area contributed by atoms with Gasteiger partial charge in [-0.05, 0) is 12.1 Å². The molecule has 4 rings (SSSR count). The van der Waals surface area contributed by atoms with Crippen molar-refractivity contribution in [1.29, 1.82) is 0 Å². The quantitative estimate of drug-likeness (QED) is 0.377. The Labute approximate surface area is 182 Å². The van der Waals surface area contributed by atoms with Crippen LogP contribution in [-0.4, -0.2) is 26.6 Å². The monoisotopic (exact) mass is 466 g/mol. The van der Waals surface area contributed by atoms with Crippen LogP contribution in [0.2, 0.25) is 9.73 Å². The second-order valence-corrected chi connectivity index (χ2v) is 10.6. The van der Waals surface area contributed by atoms with Crippen LogP contribution in [0.25, 0.3) is 11.3 Å². The number of amides is 1. The minimum absolute atomic E-state index is 0.205. The van der Waals surface area contributed by atoms with E-state index in [4.69, 9.17) is 17.3 Å². The normalized spacial score (nSPS) is 14.1. The molecule has 0 spiro atoms. The number of hydrogen-bond donors (Lipinski definition) is 2. The van der Waals surface area contributed by atoms with Gasteiger partial charge in [-0.25, -0.2) is 0 Å². The van der Waals surface area contributed by atoms with Gasteiger partial charge >= 0.3 is 147 Å². The van der Waals surface area contributed by atoms with Gasteiger partial charge in [0.15, 0.2) is 0 Å². The van der Waals surface area contributed by atoms with E-state index in [2.05, 4.69) is 10.3 Å². The fourth-order valence-electron chi connectivity index (χ4n) is 3.16. The van der Waals surface area contributed by atoms with E-state index in [0.29, 0.717) is 37.7 Å². The van der Waals surface area contributed by atoms with E-state index in [0.717, 1.165) is 21.2 Å². The molecule has 4 nitrogen and oxygen atoms in total. The average molecular weight is 467 g/mol. The molecule has 6 heteroatoms. The Bertz CT molecular complexity index is 1020. The first-order valence-corrected chi connectivity index (χ1v) is 12.5. The van der Waals surface area contributed by atoms with E-state index >= 15 is 0 Å². The fourth-order valence-corrected chi connectivity index (χ4v) is 6.34. The Hall–Kier alpha value is -2.29. The van der Waals surface area contributed by atoms with Crippen molar-refractivity contribution in [2.24, 2.45) is 0 Å². The first-order chi connectivity index (χ1) is 14.1. The number of benzene rings is 2. The molecule has 0 unspecified atom stereocenters. The summed E-state index contributed by atoms with van der Waals surface area (Å²) in [6.45, 7) is 0. The Morgan fingerprint density at radius 1 is 1.17 bits per heavy atom. The second-order valence-electron chi connectivity index (χ2n) is 7.22. The van der Waals surface area contributed by atoms with Crippen LogP contribution >= 0.6 is 11.6 Å². The van der Waals surface area contributed by atoms with Crippen molar-refractivity contribution < 1.29 is 4.79 Å². The number of pyridine rings is 1. The maximum absolute atomic E-state index is 12.5. The Balaban J connectivity index is 1.44. The SMILES string of the molecule is Nc1ccccc1NC(=O)c1ccc(-c2ncc(C[As]C3CCC3)cc2Cl)cc1. The minimum atomic E-state index is -0.205. The number of nitrogen functional groups attached to an aromatic ring is 1. The fraction of sp³-hybridized carbons (Fsp3) is 0.217. The number of nitrogens with two attached hydrogens (primary N) is 1. The van der Waals surface area contributed by atoms with E-state index in [1.165, 1.54) is 24.8 Å². The molecule has 0 aliphatic heterocycles. The van der Waals surface area contributed by atoms with Gasteiger partial charge in [0.25, 0.3) is 0 Å². The first kappa shape index (κ1) is 20.0. The molecule has 1 amide bonds. The van der Waals surface area contributed by atoms with Crippen molar-refractivity contribution in [2.45, 2.75) is 29.2 Å². The third-order valence-electron chi connectivity index (χ3n) is 5.13. The van der Waals surface area contributed by atoms with Crippen molar-refractivity contribution in [2.75, 3.05) is 11.1 Å². The number of aromatic nitrogens is 1. The molecular formula is C23H22AsClN3O. The number of carbonyl (C=O) groups excluding carboxylic acids is 1. The Morgan fingerprint density at radius 3 is 2.59 bits per heavy atom. The van der Waals surface area contributed by atoms with Crippen LogP contribution in [0.5, 0.6) is 0 Å². The van der Waals surface area contributed by atoms with Crippen molar-refractivity contribution in [3.8, 4) is 11.3 Å². The van der Waals surface area contributed by atoms with Gasteiger partial charge in [-0.1, -0.05) is 12.1 Å². The Kier molecular flexibility index (Phi) is 6.22. The molecule has 1 aliphatic carbocycles. The van der Waals surface area contributed by atoms with E-state index < -0.39 is 0 Å². The van der Waals surface area contributed by atoms with Crippen LogP contribution < -0.4 is 11.1 Å². The molecule has 0 bridgehead atoms. The topological polar surface area (TPSA) is 68.0 Å². The predicted octanol–water partition coefficient (Wildman–Crippen LogP) is 5.41. The second kappa shape index (κ2) is 9.02. The van der Waals surface area contributed by atoms with E-state index in [1.54, 1.807) is 24.3 Å². The van der Waals surface area contributed by atoms with Gasteiger partial charge in [0.1, 0.15) is 0 Å². The van der Waals surface area contributed by atoms with E-state index in [9.17, 15) is 4.79 Å². The van der Waals surface area contributed by atoms with Crippen molar-refractivity contribution in [3.63, 3.8) is 0 Å². The van der Waals surface area contributed by atoms with Gasteiger partial charge in [-0.3, -0.25) is 0 Å². The van der Waals surface area contributed by atoms with Gasteiger partial charge in [0.05, 0.1) is 5.69 Å². The summed E-state index contributed by atoms with van der Waals surface area (Å²) in [7, 11) is 0. The van der Waals surface area contributed by atoms with Crippen molar-refractivity contribution >= 4 is 44.6 Å². The summed E-state index contributed by atoms with van der Waals surface area (Å²) in [5, 5.41) is 4.61. The van der Waals surface area contributed by atoms with Crippen LogP contribution in [-0.2, 0) is 5.21 Å². The number of anilines is 2. The molecule has 1 saturated carbocycles. The third kappa shape index (κ3) is 4.83. The molecule has 1 aromatic heterocycles. The number of hydrogen-bond acceptors (Lipinski definition) is 3. The predicted molar refractivity (Wildman–Crippen MR) is 121 cm³/mol. The van der Waals surface area contributed by atoms with E-state index in [-0.39, 0.29) is 5.91 Å². The van der Waals surface area contributed by atoms with Gasteiger partial charge in [-0.15, -0.1) is 0 Å². The van der Waals surface area contributed by atoms with Crippen LogP contribution in [0.3, 0.4) is 0 Å². The van der Waals surface area contributed by atoms with Crippen LogP contribution in [0, 0.1) is 0 Å². The molecular weight excluding hydrogens is 445 g/mol. The molecule has 3 N–H and O–H groups in total. The number of carbonyl (C=O) groups is 1. The summed E-state index contributed by atoms with van der Waals surface area (Å²) in [4.78, 5) is 17.1. The number of para-hydroxylation sites is 2. The number of halogens is 1. The third-order valence-corrected chi connectivity index (χ3v) is 8.74. The van der Waals surface area contributed by atoms with Crippen LogP contribution in [0.4, 0.5) is 11.4 Å². The zero-order valence-electron chi connectivity index (χ0n) is 15.9. The standard InChI is InChI=1S/C23H22AsClN3O/c25-19-12-15(13-24-18-4-3-5-18)14-27-22(19)16-8-10-17(11-9-16)23(29)28-21-7-2-1-6-20(21)26/h1-2,6-12,14,18H,3-5,13,26H2,(H,28,29). The van der Waals surface area contributed by atoms with Gasteiger partial charge in [0.2, 0.25) is 0 Å². The van der Waals surface area contributed by atoms with Crippen molar-refractivity contribution in [1.82, 2.24) is 4.98 Å². The molecule has 147 valence electrons. The molecule has 1 fully saturated rings. The zero-order chi connectivity index (χ0) is 20.2. The molecule has 1 heterocycles. The summed E-state index contributed by atoms with van der Waals surface area (Å²) >= 11 is 6.86. The zero-order valence-corrected chi connectivity index (χ0v) is 18.6. The molecule has 3 aromatic rings. The first-order valence-electron chi connectivity index (χ1n) is 9.67. The van der Waals surface area contributed by atoms with E-state index in [1.807, 2.05) is 36.5 Å². The number of rotatable bonds is 6. The van der Waals surface area contributed by atoms with Gasteiger partial charge in [0, 0.05) is 0 Å². The summed E-state index contributed by atoms with van der Waals surface area (Å²) < 4.78 is 0.967. The summed E-state index contributed by atoms with van der Waals surface area (Å²) in [5.41, 5.74) is 10.4. The molecule has 1 aliphatic rings. The van der Waals surface area contributed by atoms with Crippen LogP contribution in [0.15, 0.2) is 60.8 Å².